The van der Waals surface area contributed by atoms with E-state index in [0.29, 0.717) is 5.92 Å². The fourth-order valence-electron chi connectivity index (χ4n) is 2.86. The fourth-order valence-corrected chi connectivity index (χ4v) is 2.86. The summed E-state index contributed by atoms with van der Waals surface area (Å²) in [4.78, 5) is 14.2. The van der Waals surface area contributed by atoms with Crippen LogP contribution >= 0.6 is 0 Å². The standard InChI is InChI=1S/C13H24N2O2/c1-2-10-3-6-14-12(9-10)13(17)15-7-4-11(16)5-8-15/h10-12,14,16H,2-9H2,1H3. The zero-order chi connectivity index (χ0) is 12.3. The van der Waals surface area contributed by atoms with E-state index in [-0.39, 0.29) is 18.1 Å². The van der Waals surface area contributed by atoms with E-state index in [2.05, 4.69) is 12.2 Å². The minimum atomic E-state index is -0.207. The van der Waals surface area contributed by atoms with Crippen molar-refractivity contribution >= 4 is 5.91 Å². The molecular formula is C13H24N2O2. The van der Waals surface area contributed by atoms with Gasteiger partial charge in [-0.25, -0.2) is 0 Å². The minimum absolute atomic E-state index is 0.0175. The van der Waals surface area contributed by atoms with Crippen molar-refractivity contribution in [1.29, 1.82) is 0 Å². The molecule has 0 aromatic heterocycles. The average Bonchev–Trinajstić information content (AvgIpc) is 2.39. The highest BCUT2D eigenvalue weighted by Crippen LogP contribution is 2.21. The first kappa shape index (κ1) is 12.8. The molecule has 2 atom stereocenters. The SMILES string of the molecule is CCC1CCNC(C(=O)N2CCC(O)CC2)C1. The molecular weight excluding hydrogens is 216 g/mol. The maximum absolute atomic E-state index is 12.3. The number of aliphatic hydroxyl groups is 1. The third kappa shape index (κ3) is 3.19. The first-order valence-corrected chi connectivity index (χ1v) is 6.91. The molecule has 2 fully saturated rings. The molecule has 0 bridgehead atoms. The van der Waals surface area contributed by atoms with E-state index in [1.54, 1.807) is 0 Å². The molecule has 0 aromatic rings. The van der Waals surface area contributed by atoms with Crippen LogP contribution in [0.25, 0.3) is 0 Å². The van der Waals surface area contributed by atoms with Gasteiger partial charge in [-0.15, -0.1) is 0 Å². The van der Waals surface area contributed by atoms with E-state index >= 15 is 0 Å². The van der Waals surface area contributed by atoms with E-state index < -0.39 is 0 Å². The molecule has 0 radical (unpaired) electrons. The Labute approximate surface area is 103 Å². The number of rotatable bonds is 2. The number of carbonyl (C=O) groups excluding carboxylic acids is 1. The van der Waals surface area contributed by atoms with Crippen molar-refractivity contribution in [3.63, 3.8) is 0 Å². The molecule has 2 aliphatic rings. The molecule has 0 saturated carbocycles. The van der Waals surface area contributed by atoms with Gasteiger partial charge in [-0.3, -0.25) is 4.79 Å². The van der Waals surface area contributed by atoms with E-state index in [4.69, 9.17) is 0 Å². The van der Waals surface area contributed by atoms with E-state index in [1.807, 2.05) is 4.90 Å². The largest absolute Gasteiger partial charge is 0.393 e. The van der Waals surface area contributed by atoms with Crippen LogP contribution in [0.15, 0.2) is 0 Å². The van der Waals surface area contributed by atoms with Crippen molar-refractivity contribution < 1.29 is 9.90 Å². The Kier molecular flexibility index (Phi) is 4.40. The highest BCUT2D eigenvalue weighted by molar-refractivity contribution is 5.82. The first-order chi connectivity index (χ1) is 8.20. The van der Waals surface area contributed by atoms with Gasteiger partial charge in [0.25, 0.3) is 0 Å². The summed E-state index contributed by atoms with van der Waals surface area (Å²) >= 11 is 0. The zero-order valence-electron chi connectivity index (χ0n) is 10.7. The van der Waals surface area contributed by atoms with Crippen LogP contribution in [-0.2, 0) is 4.79 Å². The summed E-state index contributed by atoms with van der Waals surface area (Å²) in [5, 5.41) is 12.8. The lowest BCUT2D eigenvalue weighted by Gasteiger charge is -2.36. The Morgan fingerprint density at radius 3 is 2.71 bits per heavy atom. The van der Waals surface area contributed by atoms with E-state index in [9.17, 15) is 9.90 Å². The predicted molar refractivity (Wildman–Crippen MR) is 66.6 cm³/mol. The van der Waals surface area contributed by atoms with Crippen LogP contribution in [-0.4, -0.2) is 47.7 Å². The Morgan fingerprint density at radius 2 is 2.06 bits per heavy atom. The number of aliphatic hydroxyl groups excluding tert-OH is 1. The van der Waals surface area contributed by atoms with Crippen LogP contribution in [0.2, 0.25) is 0 Å². The van der Waals surface area contributed by atoms with E-state index in [0.717, 1.165) is 38.9 Å². The molecule has 0 spiro atoms. The molecule has 17 heavy (non-hydrogen) atoms. The van der Waals surface area contributed by atoms with Crippen LogP contribution in [0.1, 0.15) is 39.0 Å². The summed E-state index contributed by atoms with van der Waals surface area (Å²) in [6, 6.07) is 0.0175. The highest BCUT2D eigenvalue weighted by atomic mass is 16.3. The highest BCUT2D eigenvalue weighted by Gasteiger charge is 2.30. The van der Waals surface area contributed by atoms with Gasteiger partial charge in [0.05, 0.1) is 12.1 Å². The molecule has 98 valence electrons. The molecule has 2 saturated heterocycles. The summed E-state index contributed by atoms with van der Waals surface area (Å²) in [5.41, 5.74) is 0. The quantitative estimate of drug-likeness (QED) is 0.749. The number of nitrogens with zero attached hydrogens (tertiary/aromatic N) is 1. The molecule has 2 aliphatic heterocycles. The van der Waals surface area contributed by atoms with Gasteiger partial charge >= 0.3 is 0 Å². The Bertz CT molecular complexity index is 262. The lowest BCUT2D eigenvalue weighted by molar-refractivity contribution is -0.136. The van der Waals surface area contributed by atoms with Crippen molar-refractivity contribution in [3.8, 4) is 0 Å². The van der Waals surface area contributed by atoms with Gasteiger partial charge in [-0.05, 0) is 38.1 Å². The normalized spacial score (nSPS) is 31.5. The molecule has 2 heterocycles. The third-order valence-electron chi connectivity index (χ3n) is 4.16. The number of carbonyl (C=O) groups is 1. The zero-order valence-corrected chi connectivity index (χ0v) is 10.7. The lowest BCUT2D eigenvalue weighted by Crippen LogP contribution is -2.52. The van der Waals surface area contributed by atoms with Gasteiger partial charge in [0.1, 0.15) is 0 Å². The number of amides is 1. The smallest absolute Gasteiger partial charge is 0.239 e. The topological polar surface area (TPSA) is 52.6 Å². The molecule has 2 N–H and O–H groups in total. The van der Waals surface area contributed by atoms with Gasteiger partial charge < -0.3 is 15.3 Å². The van der Waals surface area contributed by atoms with Crippen molar-refractivity contribution in [1.82, 2.24) is 10.2 Å². The minimum Gasteiger partial charge on any atom is -0.393 e. The molecule has 2 unspecified atom stereocenters. The lowest BCUT2D eigenvalue weighted by atomic mass is 9.89. The summed E-state index contributed by atoms with van der Waals surface area (Å²) in [5.74, 6) is 0.940. The van der Waals surface area contributed by atoms with Crippen LogP contribution in [0.4, 0.5) is 0 Å². The van der Waals surface area contributed by atoms with Crippen LogP contribution in [0.5, 0.6) is 0 Å². The summed E-state index contributed by atoms with van der Waals surface area (Å²) in [6.45, 7) is 4.60. The van der Waals surface area contributed by atoms with Gasteiger partial charge in [0.2, 0.25) is 5.91 Å². The fraction of sp³-hybridized carbons (Fsp3) is 0.923. The maximum Gasteiger partial charge on any atom is 0.239 e. The van der Waals surface area contributed by atoms with Gasteiger partial charge in [-0.2, -0.15) is 0 Å². The van der Waals surface area contributed by atoms with Gasteiger partial charge in [-0.1, -0.05) is 13.3 Å². The van der Waals surface area contributed by atoms with Crippen LogP contribution in [0, 0.1) is 5.92 Å². The summed E-state index contributed by atoms with van der Waals surface area (Å²) in [7, 11) is 0. The third-order valence-corrected chi connectivity index (χ3v) is 4.16. The number of hydrogen-bond acceptors (Lipinski definition) is 3. The Balaban J connectivity index is 1.86. The molecule has 0 aliphatic carbocycles. The van der Waals surface area contributed by atoms with Crippen molar-refractivity contribution in [2.45, 2.75) is 51.2 Å². The monoisotopic (exact) mass is 240 g/mol. The molecule has 0 aromatic carbocycles. The van der Waals surface area contributed by atoms with Crippen LogP contribution < -0.4 is 5.32 Å². The van der Waals surface area contributed by atoms with Gasteiger partial charge in [0, 0.05) is 13.1 Å². The molecule has 4 heteroatoms. The molecule has 4 nitrogen and oxygen atoms in total. The second-order valence-electron chi connectivity index (χ2n) is 5.36. The molecule has 2 rings (SSSR count). The Morgan fingerprint density at radius 1 is 1.35 bits per heavy atom. The van der Waals surface area contributed by atoms with Crippen molar-refractivity contribution in [2.24, 2.45) is 5.92 Å². The van der Waals surface area contributed by atoms with Crippen LogP contribution in [0.3, 0.4) is 0 Å². The summed E-state index contributed by atoms with van der Waals surface area (Å²) in [6.07, 6.45) is 4.60. The van der Waals surface area contributed by atoms with Gasteiger partial charge in [0.15, 0.2) is 0 Å². The number of likely N-dealkylation sites (tertiary alicyclic amines) is 1. The second-order valence-corrected chi connectivity index (χ2v) is 5.36. The maximum atomic E-state index is 12.3. The predicted octanol–water partition coefficient (Wildman–Crippen LogP) is 0.748. The number of piperidine rings is 2. The summed E-state index contributed by atoms with van der Waals surface area (Å²) < 4.78 is 0. The molecule has 1 amide bonds. The van der Waals surface area contributed by atoms with E-state index in [1.165, 1.54) is 12.8 Å². The van der Waals surface area contributed by atoms with Crippen molar-refractivity contribution in [3.05, 3.63) is 0 Å². The second kappa shape index (κ2) is 5.83. The number of hydrogen-bond donors (Lipinski definition) is 2. The average molecular weight is 240 g/mol. The van der Waals surface area contributed by atoms with Crippen molar-refractivity contribution in [2.75, 3.05) is 19.6 Å². The number of nitrogens with one attached hydrogen (secondary N) is 1. The Hall–Kier alpha value is -0.610. The first-order valence-electron chi connectivity index (χ1n) is 6.91.